The molecule has 0 aromatic carbocycles. The van der Waals surface area contributed by atoms with E-state index in [9.17, 15) is 4.79 Å². The molecule has 1 fully saturated rings. The maximum absolute atomic E-state index is 10.7. The Hall–Kier alpha value is -0.940. The molecule has 0 aliphatic carbocycles. The van der Waals surface area contributed by atoms with E-state index in [0.717, 1.165) is 18.0 Å². The lowest BCUT2D eigenvalue weighted by Crippen LogP contribution is -2.30. The molecule has 1 aromatic rings. The van der Waals surface area contributed by atoms with E-state index in [-0.39, 0.29) is 5.69 Å². The van der Waals surface area contributed by atoms with Crippen LogP contribution in [0.3, 0.4) is 0 Å². The van der Waals surface area contributed by atoms with Crippen molar-refractivity contribution >= 4 is 17.3 Å². The molecule has 1 aromatic heterocycles. The highest BCUT2D eigenvalue weighted by Gasteiger charge is 2.24. The predicted molar refractivity (Wildman–Crippen MR) is 63.0 cm³/mol. The van der Waals surface area contributed by atoms with Crippen LogP contribution in [0.4, 0.5) is 0 Å². The highest BCUT2D eigenvalue weighted by molar-refractivity contribution is 7.09. The number of likely N-dealkylation sites (tertiary alicyclic amines) is 1. The van der Waals surface area contributed by atoms with Crippen LogP contribution in [-0.4, -0.2) is 40.1 Å². The molecule has 1 aliphatic heterocycles. The summed E-state index contributed by atoms with van der Waals surface area (Å²) in [5.74, 6) is -0.929. The predicted octanol–water partition coefficient (Wildman–Crippen LogP) is 1.87. The molecule has 0 bridgehead atoms. The van der Waals surface area contributed by atoms with Gasteiger partial charge in [0, 0.05) is 17.8 Å². The number of nitrogens with zero attached hydrogens (tertiary/aromatic N) is 2. The van der Waals surface area contributed by atoms with Crippen molar-refractivity contribution in [3.05, 3.63) is 16.1 Å². The Balaban J connectivity index is 2.00. The summed E-state index contributed by atoms with van der Waals surface area (Å²) < 4.78 is 0. The minimum Gasteiger partial charge on any atom is -0.476 e. The summed E-state index contributed by atoms with van der Waals surface area (Å²) in [5.41, 5.74) is 0.182. The number of aromatic nitrogens is 1. The van der Waals surface area contributed by atoms with Crippen molar-refractivity contribution in [3.63, 3.8) is 0 Å². The smallest absolute Gasteiger partial charge is 0.355 e. The lowest BCUT2D eigenvalue weighted by atomic mass is 10.1. The van der Waals surface area contributed by atoms with Crippen LogP contribution < -0.4 is 0 Å². The van der Waals surface area contributed by atoms with E-state index in [1.54, 1.807) is 5.38 Å². The molecule has 88 valence electrons. The summed E-state index contributed by atoms with van der Waals surface area (Å²) in [5, 5.41) is 11.4. The minimum atomic E-state index is -0.929. The molecule has 1 aliphatic rings. The number of carboxylic acid groups (broad SMARTS) is 1. The number of rotatable bonds is 4. The Kier molecular flexibility index (Phi) is 3.56. The van der Waals surface area contributed by atoms with Crippen LogP contribution in [-0.2, 0) is 6.42 Å². The average molecular weight is 240 g/mol. The molecule has 2 rings (SSSR count). The minimum absolute atomic E-state index is 0.182. The molecule has 1 atom stereocenters. The average Bonchev–Trinajstić information content (AvgIpc) is 2.87. The molecule has 1 saturated heterocycles. The SMILES string of the molecule is CCN1CCCC1Cc1nc(C(=O)O)cs1. The number of thiazole rings is 1. The maximum atomic E-state index is 10.7. The zero-order valence-corrected chi connectivity index (χ0v) is 10.2. The highest BCUT2D eigenvalue weighted by atomic mass is 32.1. The normalized spacial score (nSPS) is 21.4. The Morgan fingerprint density at radius 2 is 2.56 bits per heavy atom. The van der Waals surface area contributed by atoms with E-state index < -0.39 is 5.97 Å². The van der Waals surface area contributed by atoms with Crippen LogP contribution >= 0.6 is 11.3 Å². The van der Waals surface area contributed by atoms with Crippen LogP contribution in [0.15, 0.2) is 5.38 Å². The topological polar surface area (TPSA) is 53.4 Å². The first kappa shape index (κ1) is 11.5. The van der Waals surface area contributed by atoms with Gasteiger partial charge in [0.25, 0.3) is 0 Å². The Bertz CT molecular complexity index is 378. The van der Waals surface area contributed by atoms with Crippen molar-refractivity contribution in [1.29, 1.82) is 0 Å². The third-order valence-electron chi connectivity index (χ3n) is 3.09. The Morgan fingerprint density at radius 3 is 3.19 bits per heavy atom. The lowest BCUT2D eigenvalue weighted by molar-refractivity contribution is 0.0691. The summed E-state index contributed by atoms with van der Waals surface area (Å²) in [6.07, 6.45) is 3.34. The number of hydrogen-bond acceptors (Lipinski definition) is 4. The van der Waals surface area contributed by atoms with E-state index in [2.05, 4.69) is 16.8 Å². The van der Waals surface area contributed by atoms with Gasteiger partial charge in [-0.15, -0.1) is 11.3 Å². The van der Waals surface area contributed by atoms with E-state index >= 15 is 0 Å². The van der Waals surface area contributed by atoms with Gasteiger partial charge in [0.1, 0.15) is 0 Å². The quantitative estimate of drug-likeness (QED) is 0.873. The van der Waals surface area contributed by atoms with Crippen LogP contribution in [0.5, 0.6) is 0 Å². The zero-order valence-electron chi connectivity index (χ0n) is 9.35. The summed E-state index contributed by atoms with van der Waals surface area (Å²) >= 11 is 1.46. The molecule has 0 radical (unpaired) electrons. The molecular weight excluding hydrogens is 224 g/mol. The van der Waals surface area contributed by atoms with Gasteiger partial charge in [-0.3, -0.25) is 0 Å². The van der Waals surface area contributed by atoms with Gasteiger partial charge in [0.15, 0.2) is 5.69 Å². The molecule has 1 unspecified atom stereocenters. The fourth-order valence-corrected chi connectivity index (χ4v) is 3.09. The highest BCUT2D eigenvalue weighted by Crippen LogP contribution is 2.22. The molecule has 1 N–H and O–H groups in total. The second kappa shape index (κ2) is 4.93. The summed E-state index contributed by atoms with van der Waals surface area (Å²) in [6, 6.07) is 0.554. The third-order valence-corrected chi connectivity index (χ3v) is 3.96. The van der Waals surface area contributed by atoms with Crippen LogP contribution in [0.25, 0.3) is 0 Å². The van der Waals surface area contributed by atoms with Crippen molar-refractivity contribution in [3.8, 4) is 0 Å². The van der Waals surface area contributed by atoms with Crippen molar-refractivity contribution in [2.24, 2.45) is 0 Å². The van der Waals surface area contributed by atoms with Gasteiger partial charge in [0.05, 0.1) is 5.01 Å². The molecular formula is C11H16N2O2S. The molecule has 0 spiro atoms. The third kappa shape index (κ3) is 2.41. The second-order valence-electron chi connectivity index (χ2n) is 4.06. The molecule has 2 heterocycles. The van der Waals surface area contributed by atoms with Gasteiger partial charge in [-0.1, -0.05) is 6.92 Å². The number of carboxylic acids is 1. The van der Waals surface area contributed by atoms with Crippen molar-refractivity contribution < 1.29 is 9.90 Å². The number of hydrogen-bond donors (Lipinski definition) is 1. The van der Waals surface area contributed by atoms with E-state index in [1.165, 1.54) is 30.7 Å². The van der Waals surface area contributed by atoms with Gasteiger partial charge in [-0.2, -0.15) is 0 Å². The van der Waals surface area contributed by atoms with Gasteiger partial charge in [-0.05, 0) is 25.9 Å². The van der Waals surface area contributed by atoms with Crippen LogP contribution in [0.1, 0.15) is 35.3 Å². The second-order valence-corrected chi connectivity index (χ2v) is 5.00. The van der Waals surface area contributed by atoms with Gasteiger partial charge >= 0.3 is 5.97 Å². The number of carbonyl (C=O) groups is 1. The molecule has 4 nitrogen and oxygen atoms in total. The Morgan fingerprint density at radius 1 is 1.75 bits per heavy atom. The monoisotopic (exact) mass is 240 g/mol. The Labute approximate surface area is 98.9 Å². The van der Waals surface area contributed by atoms with E-state index in [1.807, 2.05) is 0 Å². The van der Waals surface area contributed by atoms with Crippen LogP contribution in [0.2, 0.25) is 0 Å². The van der Waals surface area contributed by atoms with Crippen molar-refractivity contribution in [1.82, 2.24) is 9.88 Å². The van der Waals surface area contributed by atoms with Gasteiger partial charge in [-0.25, -0.2) is 9.78 Å². The van der Waals surface area contributed by atoms with Crippen molar-refractivity contribution in [2.45, 2.75) is 32.2 Å². The summed E-state index contributed by atoms with van der Waals surface area (Å²) in [6.45, 7) is 4.41. The zero-order chi connectivity index (χ0) is 11.5. The summed E-state index contributed by atoms with van der Waals surface area (Å²) in [4.78, 5) is 17.3. The van der Waals surface area contributed by atoms with E-state index in [0.29, 0.717) is 6.04 Å². The standard InChI is InChI=1S/C11H16N2O2S/c1-2-13-5-3-4-8(13)6-10-12-9(7-16-10)11(14)15/h7-8H,2-6H2,1H3,(H,14,15). The first-order valence-corrected chi connectivity index (χ1v) is 6.50. The van der Waals surface area contributed by atoms with Gasteiger partial charge in [0.2, 0.25) is 0 Å². The molecule has 5 heteroatoms. The first-order chi connectivity index (χ1) is 7.70. The fraction of sp³-hybridized carbons (Fsp3) is 0.636. The maximum Gasteiger partial charge on any atom is 0.355 e. The molecule has 16 heavy (non-hydrogen) atoms. The number of likely N-dealkylation sites (N-methyl/N-ethyl adjacent to an activating group) is 1. The lowest BCUT2D eigenvalue weighted by Gasteiger charge is -2.21. The van der Waals surface area contributed by atoms with Gasteiger partial charge < -0.3 is 10.0 Å². The fourth-order valence-electron chi connectivity index (χ4n) is 2.25. The van der Waals surface area contributed by atoms with E-state index in [4.69, 9.17) is 5.11 Å². The molecule has 0 amide bonds. The first-order valence-electron chi connectivity index (χ1n) is 5.62. The molecule has 0 saturated carbocycles. The largest absolute Gasteiger partial charge is 0.476 e. The summed E-state index contributed by atoms with van der Waals surface area (Å²) in [7, 11) is 0. The van der Waals surface area contributed by atoms with Crippen LogP contribution in [0, 0.1) is 0 Å². The van der Waals surface area contributed by atoms with Crippen molar-refractivity contribution in [2.75, 3.05) is 13.1 Å². The number of aromatic carboxylic acids is 1.